The molecule has 29 heavy (non-hydrogen) atoms. The molecule has 2 aliphatic rings. The van der Waals surface area contributed by atoms with E-state index in [1.807, 2.05) is 23.1 Å². The van der Waals surface area contributed by atoms with Gasteiger partial charge in [-0.15, -0.1) is 0 Å². The molecule has 2 aromatic carbocycles. The predicted molar refractivity (Wildman–Crippen MR) is 114 cm³/mol. The maximum atomic E-state index is 13.4. The largest absolute Gasteiger partial charge is 0.369 e. The number of rotatable bonds is 7. The monoisotopic (exact) mass is 395 g/mol. The van der Waals surface area contributed by atoms with Crippen LogP contribution >= 0.6 is 0 Å². The van der Waals surface area contributed by atoms with Gasteiger partial charge in [0.1, 0.15) is 5.82 Å². The fourth-order valence-electron chi connectivity index (χ4n) is 4.36. The zero-order valence-corrected chi connectivity index (χ0v) is 17.0. The van der Waals surface area contributed by atoms with E-state index in [-0.39, 0.29) is 11.7 Å². The van der Waals surface area contributed by atoms with Crippen molar-refractivity contribution < 1.29 is 9.18 Å². The van der Waals surface area contributed by atoms with Crippen molar-refractivity contribution >= 4 is 11.6 Å². The van der Waals surface area contributed by atoms with Crippen LogP contribution in [0.1, 0.15) is 36.8 Å². The van der Waals surface area contributed by atoms with Crippen LogP contribution in [0.5, 0.6) is 0 Å². The van der Waals surface area contributed by atoms with Crippen LogP contribution in [0.25, 0.3) is 0 Å². The summed E-state index contributed by atoms with van der Waals surface area (Å²) >= 11 is 0. The topological polar surface area (TPSA) is 26.8 Å². The summed E-state index contributed by atoms with van der Waals surface area (Å²) in [5.74, 6) is 0.113. The summed E-state index contributed by atoms with van der Waals surface area (Å²) in [5.41, 5.74) is 3.56. The molecule has 0 bridgehead atoms. The molecule has 0 aliphatic carbocycles. The summed E-state index contributed by atoms with van der Waals surface area (Å²) in [7, 11) is 0. The Morgan fingerprint density at radius 2 is 1.59 bits per heavy atom. The van der Waals surface area contributed by atoms with Crippen molar-refractivity contribution in [1.29, 1.82) is 0 Å². The Morgan fingerprint density at radius 3 is 2.28 bits per heavy atom. The molecule has 2 aliphatic heterocycles. The third-order valence-electron chi connectivity index (χ3n) is 6.10. The molecular formula is C24H30FN3O. The quantitative estimate of drug-likeness (QED) is 0.662. The molecule has 4 nitrogen and oxygen atoms in total. The van der Waals surface area contributed by atoms with Gasteiger partial charge >= 0.3 is 0 Å². The maximum absolute atomic E-state index is 13.4. The van der Waals surface area contributed by atoms with Gasteiger partial charge in [-0.2, -0.15) is 0 Å². The third kappa shape index (κ3) is 5.15. The Bertz CT molecular complexity index is 807. The summed E-state index contributed by atoms with van der Waals surface area (Å²) < 4.78 is 13.4. The number of benzene rings is 2. The molecule has 1 saturated heterocycles. The molecule has 0 saturated carbocycles. The highest BCUT2D eigenvalue weighted by molar-refractivity contribution is 5.76. The lowest BCUT2D eigenvalue weighted by molar-refractivity contribution is -0.131. The summed E-state index contributed by atoms with van der Waals surface area (Å²) in [4.78, 5) is 19.2. The van der Waals surface area contributed by atoms with Gasteiger partial charge in [0.25, 0.3) is 0 Å². The number of anilines is 1. The van der Waals surface area contributed by atoms with E-state index in [2.05, 4.69) is 21.9 Å². The minimum Gasteiger partial charge on any atom is -0.369 e. The molecule has 154 valence electrons. The van der Waals surface area contributed by atoms with Crippen LogP contribution < -0.4 is 4.90 Å². The van der Waals surface area contributed by atoms with Gasteiger partial charge in [0.05, 0.1) is 0 Å². The van der Waals surface area contributed by atoms with Crippen LogP contribution in [0, 0.1) is 5.82 Å². The van der Waals surface area contributed by atoms with Gasteiger partial charge in [-0.25, -0.2) is 4.39 Å². The van der Waals surface area contributed by atoms with E-state index in [0.717, 1.165) is 70.8 Å². The molecule has 0 spiro atoms. The molecule has 1 amide bonds. The normalized spacial score (nSPS) is 16.9. The number of fused-ring (bicyclic) bond motifs is 1. The van der Waals surface area contributed by atoms with Crippen molar-refractivity contribution in [3.8, 4) is 0 Å². The van der Waals surface area contributed by atoms with E-state index < -0.39 is 0 Å². The number of carbonyl (C=O) groups is 1. The van der Waals surface area contributed by atoms with E-state index in [4.69, 9.17) is 0 Å². The van der Waals surface area contributed by atoms with Crippen molar-refractivity contribution in [2.75, 3.05) is 37.6 Å². The van der Waals surface area contributed by atoms with Gasteiger partial charge in [0.15, 0.2) is 0 Å². The second-order valence-corrected chi connectivity index (χ2v) is 8.14. The van der Waals surface area contributed by atoms with Crippen molar-refractivity contribution in [2.45, 2.75) is 38.8 Å². The summed E-state index contributed by atoms with van der Waals surface area (Å²) in [6, 6.07) is 15.2. The number of amides is 1. The first kappa shape index (κ1) is 19.9. The van der Waals surface area contributed by atoms with Gasteiger partial charge in [-0.05, 0) is 48.7 Å². The highest BCUT2D eigenvalue weighted by Crippen LogP contribution is 2.23. The third-order valence-corrected chi connectivity index (χ3v) is 6.10. The standard InChI is InChI=1S/C24H30FN3O/c25-22-9-6-10-23(17-22)27-15-13-26(14-16-27)12-5-1-2-11-24(29)28-18-20-7-3-4-8-21(20)19-28/h3-4,6-10,17H,1-2,5,11-16,18-19H2. The van der Waals surface area contributed by atoms with E-state index in [1.165, 1.54) is 17.2 Å². The van der Waals surface area contributed by atoms with Crippen molar-refractivity contribution in [2.24, 2.45) is 0 Å². The number of hydrogen-bond acceptors (Lipinski definition) is 3. The molecule has 0 unspecified atom stereocenters. The van der Waals surface area contributed by atoms with Gasteiger partial charge in [0, 0.05) is 51.4 Å². The molecule has 0 radical (unpaired) electrons. The van der Waals surface area contributed by atoms with Gasteiger partial charge in [-0.1, -0.05) is 36.8 Å². The highest BCUT2D eigenvalue weighted by atomic mass is 19.1. The van der Waals surface area contributed by atoms with E-state index in [1.54, 1.807) is 12.1 Å². The average Bonchev–Trinajstić information content (AvgIpc) is 3.18. The SMILES string of the molecule is O=C(CCCCCN1CCN(c2cccc(F)c2)CC1)N1Cc2ccccc2C1. The zero-order valence-electron chi connectivity index (χ0n) is 17.0. The van der Waals surface area contributed by atoms with Crippen molar-refractivity contribution in [3.05, 3.63) is 65.5 Å². The lowest BCUT2D eigenvalue weighted by Crippen LogP contribution is -2.46. The van der Waals surface area contributed by atoms with E-state index >= 15 is 0 Å². The van der Waals surface area contributed by atoms with Crippen molar-refractivity contribution in [1.82, 2.24) is 9.80 Å². The molecule has 2 aromatic rings. The first-order valence-corrected chi connectivity index (χ1v) is 10.8. The molecule has 0 N–H and O–H groups in total. The number of halogens is 1. The number of carbonyl (C=O) groups excluding carboxylic acids is 1. The fourth-order valence-corrected chi connectivity index (χ4v) is 4.36. The molecule has 1 fully saturated rings. The second kappa shape index (κ2) is 9.40. The number of piperazine rings is 1. The van der Waals surface area contributed by atoms with E-state index in [9.17, 15) is 9.18 Å². The molecule has 0 atom stereocenters. The first-order chi connectivity index (χ1) is 14.2. The maximum Gasteiger partial charge on any atom is 0.223 e. The molecule has 0 aromatic heterocycles. The molecule has 2 heterocycles. The number of hydrogen-bond donors (Lipinski definition) is 0. The Kier molecular flexibility index (Phi) is 6.45. The van der Waals surface area contributed by atoms with Gasteiger partial charge < -0.3 is 9.80 Å². The van der Waals surface area contributed by atoms with Crippen LogP contribution in [-0.4, -0.2) is 48.4 Å². The summed E-state index contributed by atoms with van der Waals surface area (Å²) in [6.07, 6.45) is 3.85. The second-order valence-electron chi connectivity index (χ2n) is 8.14. The highest BCUT2D eigenvalue weighted by Gasteiger charge is 2.22. The van der Waals surface area contributed by atoms with Crippen LogP contribution in [0.4, 0.5) is 10.1 Å². The molecule has 4 rings (SSSR count). The van der Waals surface area contributed by atoms with Crippen LogP contribution in [0.3, 0.4) is 0 Å². The average molecular weight is 396 g/mol. The molecular weight excluding hydrogens is 365 g/mol. The zero-order chi connectivity index (χ0) is 20.1. The predicted octanol–water partition coefficient (Wildman–Crippen LogP) is 4.05. The Hall–Kier alpha value is -2.40. The van der Waals surface area contributed by atoms with Gasteiger partial charge in [0.2, 0.25) is 5.91 Å². The minimum atomic E-state index is -0.169. The lowest BCUT2D eigenvalue weighted by Gasteiger charge is -2.36. The Labute approximate surface area is 172 Å². The molecule has 5 heteroatoms. The first-order valence-electron chi connectivity index (χ1n) is 10.8. The summed E-state index contributed by atoms with van der Waals surface area (Å²) in [5, 5.41) is 0. The van der Waals surface area contributed by atoms with Crippen LogP contribution in [0.2, 0.25) is 0 Å². The fraction of sp³-hybridized carbons (Fsp3) is 0.458. The lowest BCUT2D eigenvalue weighted by atomic mass is 10.1. The van der Waals surface area contributed by atoms with Crippen LogP contribution in [-0.2, 0) is 17.9 Å². The number of nitrogens with zero attached hydrogens (tertiary/aromatic N) is 3. The van der Waals surface area contributed by atoms with E-state index in [0.29, 0.717) is 6.42 Å². The van der Waals surface area contributed by atoms with Gasteiger partial charge in [-0.3, -0.25) is 9.69 Å². The summed E-state index contributed by atoms with van der Waals surface area (Å²) in [6.45, 7) is 6.54. The van der Waals surface area contributed by atoms with Crippen LogP contribution in [0.15, 0.2) is 48.5 Å². The van der Waals surface area contributed by atoms with Crippen molar-refractivity contribution in [3.63, 3.8) is 0 Å². The Balaban J connectivity index is 1.10. The number of unbranched alkanes of at least 4 members (excludes halogenated alkanes) is 2. The minimum absolute atomic E-state index is 0.169. The smallest absolute Gasteiger partial charge is 0.223 e. The Morgan fingerprint density at radius 1 is 0.862 bits per heavy atom.